The summed E-state index contributed by atoms with van der Waals surface area (Å²) in [5.41, 5.74) is 1.27. The molecule has 11 heteroatoms. The summed E-state index contributed by atoms with van der Waals surface area (Å²) in [5.74, 6) is 1.17. The van der Waals surface area contributed by atoms with E-state index in [1.165, 1.54) is 12.6 Å². The van der Waals surface area contributed by atoms with Crippen LogP contribution in [0.15, 0.2) is 36.8 Å². The molecular weight excluding hydrogens is 515 g/mol. The van der Waals surface area contributed by atoms with E-state index >= 15 is 0 Å². The van der Waals surface area contributed by atoms with Gasteiger partial charge >= 0.3 is 0 Å². The van der Waals surface area contributed by atoms with Crippen molar-refractivity contribution < 1.29 is 14.3 Å². The summed E-state index contributed by atoms with van der Waals surface area (Å²) in [6, 6.07) is 5.01. The van der Waals surface area contributed by atoms with Crippen molar-refractivity contribution in [1.82, 2.24) is 19.7 Å². The number of benzene rings is 1. The minimum absolute atomic E-state index is 0.0367. The fraction of sp³-hybridized carbons (Fsp3) is 0.462. The first-order valence-corrected chi connectivity index (χ1v) is 13.4. The predicted molar refractivity (Wildman–Crippen MR) is 143 cm³/mol. The predicted octanol–water partition coefficient (Wildman–Crippen LogP) is 5.97. The van der Waals surface area contributed by atoms with E-state index in [0.717, 1.165) is 51.1 Å². The molecule has 2 N–H and O–H groups in total. The summed E-state index contributed by atoms with van der Waals surface area (Å²) in [7, 11) is 0. The van der Waals surface area contributed by atoms with Gasteiger partial charge in [0.25, 0.3) is 5.91 Å². The van der Waals surface area contributed by atoms with Crippen LogP contribution in [-0.2, 0) is 11.3 Å². The van der Waals surface area contributed by atoms with Crippen LogP contribution in [0.5, 0.6) is 5.88 Å². The number of carbonyl (C=O) groups excluding carboxylic acids is 1. The fourth-order valence-electron chi connectivity index (χ4n) is 4.16. The van der Waals surface area contributed by atoms with Gasteiger partial charge in [-0.15, -0.1) is 0 Å². The topological polar surface area (TPSA) is 103 Å². The highest BCUT2D eigenvalue weighted by Crippen LogP contribution is 2.32. The lowest BCUT2D eigenvalue weighted by atomic mass is 9.94. The van der Waals surface area contributed by atoms with E-state index in [-0.39, 0.29) is 17.5 Å². The molecule has 2 aliphatic rings. The van der Waals surface area contributed by atoms with Gasteiger partial charge in [-0.3, -0.25) is 9.48 Å². The molecule has 2 atom stereocenters. The van der Waals surface area contributed by atoms with Crippen LogP contribution in [0.3, 0.4) is 0 Å². The normalized spacial score (nSPS) is 20.1. The largest absolute Gasteiger partial charge is 0.474 e. The minimum Gasteiger partial charge on any atom is -0.474 e. The van der Waals surface area contributed by atoms with E-state index in [9.17, 15) is 4.79 Å². The Bertz CT molecular complexity index is 1230. The van der Waals surface area contributed by atoms with Gasteiger partial charge in [0.15, 0.2) is 0 Å². The van der Waals surface area contributed by atoms with Crippen molar-refractivity contribution in [2.45, 2.75) is 51.7 Å². The average molecular weight is 545 g/mol. The van der Waals surface area contributed by atoms with Gasteiger partial charge in [0, 0.05) is 31.5 Å². The van der Waals surface area contributed by atoms with E-state index in [4.69, 9.17) is 32.7 Å². The monoisotopic (exact) mass is 544 g/mol. The molecule has 1 unspecified atom stereocenters. The number of nitrogens with one attached hydrogen (secondary N) is 2. The van der Waals surface area contributed by atoms with Crippen LogP contribution >= 0.6 is 23.2 Å². The molecule has 0 spiro atoms. The molecule has 3 aromatic rings. The van der Waals surface area contributed by atoms with Crippen molar-refractivity contribution in [2.24, 2.45) is 11.8 Å². The number of rotatable bonds is 8. The van der Waals surface area contributed by atoms with Crippen molar-refractivity contribution in [3.05, 3.63) is 52.4 Å². The van der Waals surface area contributed by atoms with Crippen molar-refractivity contribution in [1.29, 1.82) is 0 Å². The number of ether oxygens (including phenoxy) is 2. The van der Waals surface area contributed by atoms with Crippen LogP contribution in [0, 0.1) is 11.8 Å². The highest BCUT2D eigenvalue weighted by atomic mass is 35.5. The Labute approximate surface area is 225 Å². The van der Waals surface area contributed by atoms with Crippen LogP contribution in [-0.4, -0.2) is 45.0 Å². The van der Waals surface area contributed by atoms with Crippen molar-refractivity contribution in [2.75, 3.05) is 23.8 Å². The molecule has 1 saturated carbocycles. The van der Waals surface area contributed by atoms with Gasteiger partial charge < -0.3 is 20.1 Å². The molecule has 2 aromatic heterocycles. The van der Waals surface area contributed by atoms with Crippen molar-refractivity contribution in [3.8, 4) is 5.88 Å². The Kier molecular flexibility index (Phi) is 8.12. The standard InChI is InChI=1S/C26H30Cl2N6O3/c1-16-5-6-17(15-36-10-9-16)13-34-14-18(11-30-34)31-26-29-12-20(25(33-26)37-19-7-8-19)24(35)32-23-21(27)3-2-4-22(23)28/h2-4,11-12,14,16-17,19H,5-10,13,15H2,1H3,(H,32,35)(H,29,31,33)/t16?,17-/m1/s1. The molecule has 1 aromatic carbocycles. The number of hydrogen-bond acceptors (Lipinski definition) is 7. The second-order valence-electron chi connectivity index (χ2n) is 9.77. The number of carbonyl (C=O) groups is 1. The van der Waals surface area contributed by atoms with Crippen LogP contribution < -0.4 is 15.4 Å². The lowest BCUT2D eigenvalue weighted by Gasteiger charge is -2.23. The number of hydrogen-bond donors (Lipinski definition) is 2. The first-order valence-electron chi connectivity index (χ1n) is 12.6. The van der Waals surface area contributed by atoms with E-state index < -0.39 is 5.91 Å². The number of nitrogens with zero attached hydrogens (tertiary/aromatic N) is 4. The Morgan fingerprint density at radius 1 is 1.16 bits per heavy atom. The Hall–Kier alpha value is -2.88. The Morgan fingerprint density at radius 2 is 1.97 bits per heavy atom. The maximum absolute atomic E-state index is 13.0. The zero-order valence-corrected chi connectivity index (χ0v) is 22.1. The van der Waals surface area contributed by atoms with Crippen LogP contribution in [0.4, 0.5) is 17.3 Å². The van der Waals surface area contributed by atoms with Gasteiger partial charge in [-0.1, -0.05) is 42.6 Å². The van der Waals surface area contributed by atoms with Gasteiger partial charge in [-0.05, 0) is 43.7 Å². The van der Waals surface area contributed by atoms with E-state index in [1.807, 2.05) is 10.9 Å². The fourth-order valence-corrected chi connectivity index (χ4v) is 4.65. The molecule has 5 rings (SSSR count). The highest BCUT2D eigenvalue weighted by Gasteiger charge is 2.28. The number of aromatic nitrogens is 4. The van der Waals surface area contributed by atoms with Crippen molar-refractivity contribution >= 4 is 46.4 Å². The molecule has 1 amide bonds. The maximum Gasteiger partial charge on any atom is 0.262 e. The Balaban J connectivity index is 1.27. The summed E-state index contributed by atoms with van der Waals surface area (Å²) >= 11 is 12.4. The van der Waals surface area contributed by atoms with E-state index in [1.54, 1.807) is 24.4 Å². The van der Waals surface area contributed by atoms with Gasteiger partial charge in [0.2, 0.25) is 11.8 Å². The first-order chi connectivity index (χ1) is 17.9. The summed E-state index contributed by atoms with van der Waals surface area (Å²) in [6.45, 7) is 4.65. The lowest BCUT2D eigenvalue weighted by molar-refractivity contribution is 0.0614. The average Bonchev–Trinajstić information content (AvgIpc) is 3.57. The second-order valence-corrected chi connectivity index (χ2v) is 10.6. The number of halogens is 2. The third-order valence-electron chi connectivity index (χ3n) is 6.51. The molecular formula is C26H30Cl2N6O3. The van der Waals surface area contributed by atoms with Gasteiger partial charge in [0.1, 0.15) is 11.7 Å². The third kappa shape index (κ3) is 6.91. The van der Waals surface area contributed by atoms with Gasteiger partial charge in [-0.2, -0.15) is 10.1 Å². The number of amides is 1. The molecule has 0 bridgehead atoms. The highest BCUT2D eigenvalue weighted by molar-refractivity contribution is 6.40. The summed E-state index contributed by atoms with van der Waals surface area (Å²) < 4.78 is 13.7. The molecule has 196 valence electrons. The zero-order chi connectivity index (χ0) is 25.8. The maximum atomic E-state index is 13.0. The van der Waals surface area contributed by atoms with E-state index in [0.29, 0.717) is 33.5 Å². The number of para-hydroxylation sites is 1. The van der Waals surface area contributed by atoms with Crippen LogP contribution in [0.2, 0.25) is 10.0 Å². The van der Waals surface area contributed by atoms with E-state index in [2.05, 4.69) is 32.6 Å². The molecule has 1 aliphatic carbocycles. The number of anilines is 3. The molecule has 1 saturated heterocycles. The summed E-state index contributed by atoms with van der Waals surface area (Å²) in [6.07, 6.45) is 10.4. The summed E-state index contributed by atoms with van der Waals surface area (Å²) in [4.78, 5) is 21.9. The molecule has 0 radical (unpaired) electrons. The molecule has 3 heterocycles. The first kappa shape index (κ1) is 25.8. The molecule has 9 nitrogen and oxygen atoms in total. The lowest BCUT2D eigenvalue weighted by Crippen LogP contribution is -2.21. The molecule has 1 aliphatic heterocycles. The molecule has 2 fully saturated rings. The van der Waals surface area contributed by atoms with Gasteiger partial charge in [-0.25, -0.2) is 4.98 Å². The summed E-state index contributed by atoms with van der Waals surface area (Å²) in [5, 5.41) is 11.1. The third-order valence-corrected chi connectivity index (χ3v) is 7.14. The Morgan fingerprint density at radius 3 is 2.76 bits per heavy atom. The zero-order valence-electron chi connectivity index (χ0n) is 20.6. The van der Waals surface area contributed by atoms with Crippen molar-refractivity contribution in [3.63, 3.8) is 0 Å². The quantitative estimate of drug-likeness (QED) is 0.360. The SMILES string of the molecule is CC1CCOC[C@@H](Cn2cc(Nc3ncc(C(=O)Nc4c(Cl)cccc4Cl)c(OC4CC4)n3)cn2)CC1. The van der Waals surface area contributed by atoms with Gasteiger partial charge in [0.05, 0.1) is 34.2 Å². The molecule has 37 heavy (non-hydrogen) atoms. The minimum atomic E-state index is -0.458. The smallest absolute Gasteiger partial charge is 0.262 e. The van der Waals surface area contributed by atoms with Crippen LogP contribution in [0.1, 0.15) is 49.4 Å². The van der Waals surface area contributed by atoms with Crippen LogP contribution in [0.25, 0.3) is 0 Å². The second kappa shape index (κ2) is 11.7.